The van der Waals surface area contributed by atoms with Crippen LogP contribution >= 0.6 is 0 Å². The van der Waals surface area contributed by atoms with Gasteiger partial charge in [0.1, 0.15) is 0 Å². The molecule has 0 radical (unpaired) electrons. The lowest BCUT2D eigenvalue weighted by Crippen LogP contribution is -2.22. The third-order valence-electron chi connectivity index (χ3n) is 1.62. The first-order valence-corrected chi connectivity index (χ1v) is 5.50. The molecule has 0 aliphatic heterocycles. The molecular weight excluding hydrogens is 252 g/mol. The van der Waals surface area contributed by atoms with Crippen LogP contribution in [0.5, 0.6) is 11.5 Å². The second-order valence-corrected chi connectivity index (χ2v) is 3.59. The van der Waals surface area contributed by atoms with Gasteiger partial charge in [0.05, 0.1) is 6.10 Å². The van der Waals surface area contributed by atoms with Crippen LogP contribution in [0.1, 0.15) is 13.8 Å². The standard InChI is InChI=1S/C11H15NO3.CH3NO2/c1-8(2)14-9-6-4-5-7-10(9)15-11(13)12-3;2-1(3)4/h4-8H,1-3H3,(H,12,13);2H2,(H,3,4). The number of ether oxygens (including phenoxy) is 2. The van der Waals surface area contributed by atoms with Crippen LogP contribution in [-0.4, -0.2) is 30.4 Å². The minimum Gasteiger partial charge on any atom is -0.487 e. The van der Waals surface area contributed by atoms with Crippen molar-refractivity contribution in [2.45, 2.75) is 20.0 Å². The zero-order chi connectivity index (χ0) is 14.8. The normalized spacial score (nSPS) is 9.05. The first-order chi connectivity index (χ1) is 8.86. The lowest BCUT2D eigenvalue weighted by Gasteiger charge is -2.13. The molecule has 0 saturated heterocycles. The van der Waals surface area contributed by atoms with E-state index in [1.807, 2.05) is 19.9 Å². The highest BCUT2D eigenvalue weighted by atomic mass is 16.6. The molecule has 0 aliphatic rings. The van der Waals surface area contributed by atoms with Gasteiger partial charge in [-0.2, -0.15) is 0 Å². The molecule has 0 aliphatic carbocycles. The van der Waals surface area contributed by atoms with E-state index in [0.29, 0.717) is 11.5 Å². The number of nitrogens with one attached hydrogen (secondary N) is 1. The van der Waals surface area contributed by atoms with Gasteiger partial charge in [-0.1, -0.05) is 12.1 Å². The molecule has 19 heavy (non-hydrogen) atoms. The summed E-state index contributed by atoms with van der Waals surface area (Å²) in [6.45, 7) is 3.83. The summed E-state index contributed by atoms with van der Waals surface area (Å²) in [5, 5.41) is 9.57. The fraction of sp³-hybridized carbons (Fsp3) is 0.333. The van der Waals surface area contributed by atoms with Crippen LogP contribution in [0.15, 0.2) is 24.3 Å². The molecule has 2 amide bonds. The Bertz CT molecular complexity index is 416. The highest BCUT2D eigenvalue weighted by Crippen LogP contribution is 2.27. The first-order valence-electron chi connectivity index (χ1n) is 5.50. The maximum atomic E-state index is 11.0. The van der Waals surface area contributed by atoms with Crippen LogP contribution in [0.2, 0.25) is 0 Å². The van der Waals surface area contributed by atoms with E-state index in [-0.39, 0.29) is 6.10 Å². The van der Waals surface area contributed by atoms with Gasteiger partial charge in [-0.25, -0.2) is 9.59 Å². The van der Waals surface area contributed by atoms with E-state index < -0.39 is 12.2 Å². The Morgan fingerprint density at radius 2 is 1.74 bits per heavy atom. The molecule has 106 valence electrons. The van der Waals surface area contributed by atoms with Crippen LogP contribution in [0.4, 0.5) is 9.59 Å². The van der Waals surface area contributed by atoms with Crippen LogP contribution in [-0.2, 0) is 0 Å². The zero-order valence-corrected chi connectivity index (χ0v) is 11.0. The monoisotopic (exact) mass is 270 g/mol. The van der Waals surface area contributed by atoms with Gasteiger partial charge in [-0.05, 0) is 26.0 Å². The molecular formula is C12H18N2O5. The smallest absolute Gasteiger partial charge is 0.412 e. The molecule has 4 N–H and O–H groups in total. The fourth-order valence-electron chi connectivity index (χ4n) is 1.04. The van der Waals surface area contributed by atoms with Crippen molar-refractivity contribution < 1.29 is 24.2 Å². The van der Waals surface area contributed by atoms with Crippen molar-refractivity contribution in [1.29, 1.82) is 0 Å². The van der Waals surface area contributed by atoms with Gasteiger partial charge in [0.15, 0.2) is 11.5 Å². The predicted octanol–water partition coefficient (Wildman–Crippen LogP) is 1.82. The quantitative estimate of drug-likeness (QED) is 0.775. The number of primary amides is 1. The fourth-order valence-corrected chi connectivity index (χ4v) is 1.04. The molecule has 0 fully saturated rings. The van der Waals surface area contributed by atoms with Gasteiger partial charge in [0.2, 0.25) is 0 Å². The highest BCUT2D eigenvalue weighted by molar-refractivity contribution is 5.70. The van der Waals surface area contributed by atoms with Gasteiger partial charge in [-0.15, -0.1) is 0 Å². The first kappa shape index (κ1) is 16.6. The number of nitrogens with two attached hydrogens (primary N) is 1. The SMILES string of the molecule is CNC(=O)Oc1ccccc1OC(C)C.NC(=O)O. The predicted molar refractivity (Wildman–Crippen MR) is 69.5 cm³/mol. The van der Waals surface area contributed by atoms with Crippen molar-refractivity contribution in [3.8, 4) is 11.5 Å². The molecule has 1 rings (SSSR count). The molecule has 7 nitrogen and oxygen atoms in total. The van der Waals surface area contributed by atoms with E-state index in [4.69, 9.17) is 19.4 Å². The summed E-state index contributed by atoms with van der Waals surface area (Å²) in [4.78, 5) is 19.8. The number of amides is 2. The number of benzene rings is 1. The molecule has 1 aromatic carbocycles. The van der Waals surface area contributed by atoms with Gasteiger partial charge in [-0.3, -0.25) is 0 Å². The number of rotatable bonds is 3. The van der Waals surface area contributed by atoms with Crippen molar-refractivity contribution in [2.75, 3.05) is 7.05 Å². The minimum atomic E-state index is -1.33. The number of hydrogen-bond donors (Lipinski definition) is 3. The molecule has 7 heteroatoms. The molecule has 0 unspecified atom stereocenters. The Hall–Kier alpha value is -2.44. The Labute approximate surface area is 111 Å². The van der Waals surface area contributed by atoms with Crippen LogP contribution in [0.3, 0.4) is 0 Å². The van der Waals surface area contributed by atoms with Crippen molar-refractivity contribution in [3.05, 3.63) is 24.3 Å². The third-order valence-corrected chi connectivity index (χ3v) is 1.62. The zero-order valence-electron chi connectivity index (χ0n) is 11.0. The van der Waals surface area contributed by atoms with Gasteiger partial charge in [0, 0.05) is 7.05 Å². The summed E-state index contributed by atoms with van der Waals surface area (Å²) in [7, 11) is 1.51. The third kappa shape index (κ3) is 8.31. The molecule has 0 spiro atoms. The van der Waals surface area contributed by atoms with Gasteiger partial charge in [0.25, 0.3) is 0 Å². The van der Waals surface area contributed by atoms with Crippen molar-refractivity contribution in [1.82, 2.24) is 5.32 Å². The van der Waals surface area contributed by atoms with E-state index in [2.05, 4.69) is 11.1 Å². The van der Waals surface area contributed by atoms with Crippen molar-refractivity contribution in [2.24, 2.45) is 5.73 Å². The Morgan fingerprint density at radius 3 is 2.16 bits per heavy atom. The van der Waals surface area contributed by atoms with E-state index >= 15 is 0 Å². The molecule has 0 bridgehead atoms. The largest absolute Gasteiger partial charge is 0.487 e. The average molecular weight is 270 g/mol. The Kier molecular flexibility index (Phi) is 7.51. The number of para-hydroxylation sites is 2. The van der Waals surface area contributed by atoms with Crippen LogP contribution in [0, 0.1) is 0 Å². The number of hydrogen-bond acceptors (Lipinski definition) is 4. The molecule has 0 atom stereocenters. The Balaban J connectivity index is 0.000000711. The average Bonchev–Trinajstić information content (AvgIpc) is 2.30. The van der Waals surface area contributed by atoms with Crippen molar-refractivity contribution >= 4 is 12.2 Å². The summed E-state index contributed by atoms with van der Waals surface area (Å²) >= 11 is 0. The maximum absolute atomic E-state index is 11.0. The van der Waals surface area contributed by atoms with Crippen molar-refractivity contribution in [3.63, 3.8) is 0 Å². The van der Waals surface area contributed by atoms with E-state index in [1.165, 1.54) is 7.05 Å². The molecule has 0 saturated carbocycles. The summed E-state index contributed by atoms with van der Waals surface area (Å²) in [5.41, 5.74) is 4.03. The minimum absolute atomic E-state index is 0.0411. The molecule has 0 aromatic heterocycles. The van der Waals surface area contributed by atoms with Gasteiger partial charge >= 0.3 is 12.2 Å². The number of carboxylic acid groups (broad SMARTS) is 1. The molecule has 1 aromatic rings. The van der Waals surface area contributed by atoms with E-state index in [1.54, 1.807) is 18.2 Å². The van der Waals surface area contributed by atoms with Crippen LogP contribution in [0.25, 0.3) is 0 Å². The summed E-state index contributed by atoms with van der Waals surface area (Å²) in [6.07, 6.45) is -1.80. The highest BCUT2D eigenvalue weighted by Gasteiger charge is 2.09. The number of carbonyl (C=O) groups is 2. The maximum Gasteiger partial charge on any atom is 0.412 e. The summed E-state index contributed by atoms with van der Waals surface area (Å²) in [6, 6.07) is 7.06. The van der Waals surface area contributed by atoms with E-state index in [0.717, 1.165) is 0 Å². The second-order valence-electron chi connectivity index (χ2n) is 3.59. The van der Waals surface area contributed by atoms with Crippen LogP contribution < -0.4 is 20.5 Å². The topological polar surface area (TPSA) is 111 Å². The number of carbonyl (C=O) groups excluding carboxylic acids is 1. The van der Waals surface area contributed by atoms with Gasteiger partial charge < -0.3 is 25.6 Å². The second kappa shape index (κ2) is 8.62. The molecule has 0 heterocycles. The lowest BCUT2D eigenvalue weighted by atomic mass is 10.3. The Morgan fingerprint density at radius 1 is 1.26 bits per heavy atom. The summed E-state index contributed by atoms with van der Waals surface area (Å²) < 4.78 is 10.5. The van der Waals surface area contributed by atoms with E-state index in [9.17, 15) is 4.79 Å². The lowest BCUT2D eigenvalue weighted by molar-refractivity contribution is 0.194. The summed E-state index contributed by atoms with van der Waals surface area (Å²) in [5.74, 6) is 0.988.